The number of hydrogen-bond donors (Lipinski definition) is 0. The standard InChI is InChI=1S/C19H25NO4/c1-12-16-6-8-20(18(22)24-19(2,3)4)7-5-13(16)9-14-10-15(21)11-23-17(12)14/h9H,5-8,10-11H2,1-4H3. The molecule has 1 aromatic rings. The van der Waals surface area contributed by atoms with Crippen molar-refractivity contribution in [3.8, 4) is 5.75 Å². The lowest BCUT2D eigenvalue weighted by molar-refractivity contribution is -0.121. The van der Waals surface area contributed by atoms with Gasteiger partial charge in [0.25, 0.3) is 0 Å². The second kappa shape index (κ2) is 6.11. The summed E-state index contributed by atoms with van der Waals surface area (Å²) in [6.07, 6.45) is 1.74. The number of carbonyl (C=O) groups excluding carboxylic acids is 2. The van der Waals surface area contributed by atoms with Crippen LogP contribution in [0.2, 0.25) is 0 Å². The summed E-state index contributed by atoms with van der Waals surface area (Å²) >= 11 is 0. The molecule has 1 amide bonds. The lowest BCUT2D eigenvalue weighted by Crippen LogP contribution is -2.38. The van der Waals surface area contributed by atoms with Crippen LogP contribution in [0.1, 0.15) is 43.0 Å². The Morgan fingerprint density at radius 3 is 2.62 bits per heavy atom. The van der Waals surface area contributed by atoms with Crippen LogP contribution in [0.3, 0.4) is 0 Å². The first-order valence-corrected chi connectivity index (χ1v) is 8.51. The van der Waals surface area contributed by atoms with Crippen molar-refractivity contribution < 1.29 is 19.1 Å². The third-order valence-electron chi connectivity index (χ3n) is 4.52. The summed E-state index contributed by atoms with van der Waals surface area (Å²) in [7, 11) is 0. The Morgan fingerprint density at radius 1 is 1.21 bits per heavy atom. The fourth-order valence-corrected chi connectivity index (χ4v) is 3.42. The second-order valence-corrected chi connectivity index (χ2v) is 7.60. The van der Waals surface area contributed by atoms with E-state index in [1.807, 2.05) is 20.8 Å². The first kappa shape index (κ1) is 16.8. The van der Waals surface area contributed by atoms with Crippen LogP contribution in [0.4, 0.5) is 4.79 Å². The molecule has 5 nitrogen and oxygen atoms in total. The number of fused-ring (bicyclic) bond motifs is 2. The van der Waals surface area contributed by atoms with Crippen LogP contribution in [-0.2, 0) is 28.8 Å². The number of nitrogens with zero attached hydrogens (tertiary/aromatic N) is 1. The highest BCUT2D eigenvalue weighted by atomic mass is 16.6. The monoisotopic (exact) mass is 331 g/mol. The predicted molar refractivity (Wildman–Crippen MR) is 90.6 cm³/mol. The Balaban J connectivity index is 1.82. The summed E-state index contributed by atoms with van der Waals surface area (Å²) in [5.74, 6) is 0.977. The van der Waals surface area contributed by atoms with E-state index >= 15 is 0 Å². The number of hydrogen-bond acceptors (Lipinski definition) is 4. The molecule has 0 saturated heterocycles. The highest BCUT2D eigenvalue weighted by Gasteiger charge is 2.27. The summed E-state index contributed by atoms with van der Waals surface area (Å²) in [6.45, 7) is 9.13. The van der Waals surface area contributed by atoms with E-state index in [4.69, 9.17) is 9.47 Å². The summed E-state index contributed by atoms with van der Waals surface area (Å²) < 4.78 is 11.2. The lowest BCUT2D eigenvalue weighted by atomic mass is 9.91. The van der Waals surface area contributed by atoms with Crippen molar-refractivity contribution in [3.05, 3.63) is 28.3 Å². The summed E-state index contributed by atoms with van der Waals surface area (Å²) in [4.78, 5) is 25.8. The molecule has 2 heterocycles. The zero-order valence-electron chi connectivity index (χ0n) is 14.9. The molecule has 0 radical (unpaired) electrons. The van der Waals surface area contributed by atoms with Gasteiger partial charge in [-0.1, -0.05) is 6.07 Å². The topological polar surface area (TPSA) is 55.8 Å². The molecule has 0 atom stereocenters. The normalized spacial score (nSPS) is 17.5. The van der Waals surface area contributed by atoms with E-state index in [1.54, 1.807) is 4.90 Å². The molecule has 1 aromatic carbocycles. The first-order chi connectivity index (χ1) is 11.2. The number of ketones is 1. The number of Topliss-reactive ketones (excluding diaryl/α,β-unsaturated/α-hetero) is 1. The number of rotatable bonds is 0. The van der Waals surface area contributed by atoms with Gasteiger partial charge in [-0.3, -0.25) is 4.79 Å². The van der Waals surface area contributed by atoms with Crippen LogP contribution < -0.4 is 4.74 Å². The molecule has 2 aliphatic heterocycles. The number of carbonyl (C=O) groups is 2. The Kier molecular flexibility index (Phi) is 4.28. The maximum atomic E-state index is 12.3. The maximum Gasteiger partial charge on any atom is 0.410 e. The Bertz CT molecular complexity index is 688. The molecule has 0 fully saturated rings. The molecule has 3 rings (SSSR count). The minimum Gasteiger partial charge on any atom is -0.485 e. The molecular formula is C19H25NO4. The highest BCUT2D eigenvalue weighted by molar-refractivity contribution is 5.85. The van der Waals surface area contributed by atoms with Crippen LogP contribution in [0.15, 0.2) is 6.07 Å². The van der Waals surface area contributed by atoms with E-state index in [9.17, 15) is 9.59 Å². The van der Waals surface area contributed by atoms with Gasteiger partial charge in [0.15, 0.2) is 5.78 Å². The van der Waals surface area contributed by atoms with Crippen molar-refractivity contribution in [3.63, 3.8) is 0 Å². The molecule has 5 heteroatoms. The SMILES string of the molecule is Cc1c2c(cc3c1OCC(=O)C3)CCN(C(=O)OC(C)(C)C)CC2. The van der Waals surface area contributed by atoms with Crippen LogP contribution in [0.25, 0.3) is 0 Å². The molecule has 130 valence electrons. The third-order valence-corrected chi connectivity index (χ3v) is 4.52. The molecule has 2 aliphatic rings. The van der Waals surface area contributed by atoms with E-state index in [0.29, 0.717) is 19.5 Å². The zero-order valence-corrected chi connectivity index (χ0v) is 14.9. The average molecular weight is 331 g/mol. The molecular weight excluding hydrogens is 306 g/mol. The van der Waals surface area contributed by atoms with Crippen LogP contribution in [0.5, 0.6) is 5.75 Å². The van der Waals surface area contributed by atoms with Gasteiger partial charge in [-0.25, -0.2) is 4.79 Å². The van der Waals surface area contributed by atoms with E-state index in [2.05, 4.69) is 13.0 Å². The van der Waals surface area contributed by atoms with E-state index < -0.39 is 5.60 Å². The molecule has 0 spiro atoms. The fraction of sp³-hybridized carbons (Fsp3) is 0.579. The third kappa shape index (κ3) is 3.40. The predicted octanol–water partition coefficient (Wildman–Crippen LogP) is 2.83. The first-order valence-electron chi connectivity index (χ1n) is 8.51. The summed E-state index contributed by atoms with van der Waals surface area (Å²) in [6, 6.07) is 2.09. The van der Waals surface area contributed by atoms with Gasteiger partial charge in [-0.05, 0) is 57.2 Å². The molecule has 0 unspecified atom stereocenters. The Labute approximate surface area is 142 Å². The largest absolute Gasteiger partial charge is 0.485 e. The smallest absolute Gasteiger partial charge is 0.410 e. The van der Waals surface area contributed by atoms with E-state index in [1.165, 1.54) is 11.1 Å². The molecule has 0 aromatic heterocycles. The van der Waals surface area contributed by atoms with Crippen molar-refractivity contribution in [2.45, 2.75) is 52.6 Å². The molecule has 0 saturated carbocycles. The second-order valence-electron chi connectivity index (χ2n) is 7.60. The number of ether oxygens (including phenoxy) is 2. The van der Waals surface area contributed by atoms with Gasteiger partial charge < -0.3 is 14.4 Å². The maximum absolute atomic E-state index is 12.3. The summed E-state index contributed by atoms with van der Waals surface area (Å²) in [5, 5.41) is 0. The number of amides is 1. The average Bonchev–Trinajstić information content (AvgIpc) is 2.68. The van der Waals surface area contributed by atoms with Crippen molar-refractivity contribution >= 4 is 11.9 Å². The zero-order chi connectivity index (χ0) is 17.5. The van der Waals surface area contributed by atoms with Crippen LogP contribution >= 0.6 is 0 Å². The van der Waals surface area contributed by atoms with Crippen LogP contribution in [-0.4, -0.2) is 42.1 Å². The minimum absolute atomic E-state index is 0.117. The highest BCUT2D eigenvalue weighted by Crippen LogP contribution is 2.34. The fourth-order valence-electron chi connectivity index (χ4n) is 3.42. The van der Waals surface area contributed by atoms with Crippen molar-refractivity contribution in [2.75, 3.05) is 19.7 Å². The Hall–Kier alpha value is -2.04. The van der Waals surface area contributed by atoms with Crippen molar-refractivity contribution in [1.82, 2.24) is 4.90 Å². The minimum atomic E-state index is -0.487. The van der Waals surface area contributed by atoms with Gasteiger partial charge in [0, 0.05) is 25.1 Å². The van der Waals surface area contributed by atoms with Crippen LogP contribution in [0, 0.1) is 6.92 Å². The van der Waals surface area contributed by atoms with E-state index in [-0.39, 0.29) is 18.5 Å². The van der Waals surface area contributed by atoms with Gasteiger partial charge in [0.2, 0.25) is 0 Å². The Morgan fingerprint density at radius 2 is 1.92 bits per heavy atom. The van der Waals surface area contributed by atoms with Gasteiger partial charge in [0.05, 0.1) is 0 Å². The molecule has 0 aliphatic carbocycles. The van der Waals surface area contributed by atoms with Gasteiger partial charge in [-0.2, -0.15) is 0 Å². The molecule has 0 N–H and O–H groups in total. The lowest BCUT2D eigenvalue weighted by Gasteiger charge is -2.26. The number of benzene rings is 1. The van der Waals surface area contributed by atoms with E-state index in [0.717, 1.165) is 29.7 Å². The van der Waals surface area contributed by atoms with Crippen molar-refractivity contribution in [1.29, 1.82) is 0 Å². The summed E-state index contributed by atoms with van der Waals surface area (Å²) in [5.41, 5.74) is 4.07. The van der Waals surface area contributed by atoms with Gasteiger partial charge in [0.1, 0.15) is 18.0 Å². The van der Waals surface area contributed by atoms with Gasteiger partial charge >= 0.3 is 6.09 Å². The van der Waals surface area contributed by atoms with Crippen molar-refractivity contribution in [2.24, 2.45) is 0 Å². The molecule has 24 heavy (non-hydrogen) atoms. The quantitative estimate of drug-likeness (QED) is 0.733. The molecule has 0 bridgehead atoms. The van der Waals surface area contributed by atoms with Gasteiger partial charge in [-0.15, -0.1) is 0 Å².